The van der Waals surface area contributed by atoms with Gasteiger partial charge in [-0.15, -0.1) is 0 Å². The molecule has 2 aromatic carbocycles. The number of rotatable bonds is 6. The maximum Gasteiger partial charge on any atom is 0.229 e. The number of ether oxygens (including phenoxy) is 1. The second-order valence-corrected chi connectivity index (χ2v) is 6.81. The fourth-order valence-corrected chi connectivity index (χ4v) is 3.43. The van der Waals surface area contributed by atoms with Gasteiger partial charge in [-0.25, -0.2) is 4.98 Å². The van der Waals surface area contributed by atoms with Crippen LogP contribution in [0.4, 0.5) is 17.5 Å². The number of aromatic nitrogens is 2. The Bertz CT molecular complexity index is 894. The van der Waals surface area contributed by atoms with Gasteiger partial charge in [0.15, 0.2) is 0 Å². The van der Waals surface area contributed by atoms with E-state index >= 15 is 0 Å². The highest BCUT2D eigenvalue weighted by atomic mass is 16.5. The first-order valence-corrected chi connectivity index (χ1v) is 9.56. The van der Waals surface area contributed by atoms with Crippen molar-refractivity contribution in [1.29, 1.82) is 0 Å². The standard InChI is InChI=1S/C22H25N5O/c1-28-20-10-6-5-9-19(20)24-22-23-12-11-21(25-22)27-15-13-26(14-16-27)17-18-7-3-2-4-8-18/h2-12H,13-17H2,1H3,(H,23,24,25). The predicted molar refractivity (Wildman–Crippen MR) is 112 cm³/mol. The van der Waals surface area contributed by atoms with Gasteiger partial charge in [-0.05, 0) is 23.8 Å². The van der Waals surface area contributed by atoms with Gasteiger partial charge in [0.25, 0.3) is 0 Å². The van der Waals surface area contributed by atoms with Crippen molar-refractivity contribution in [3.8, 4) is 5.75 Å². The smallest absolute Gasteiger partial charge is 0.229 e. The molecule has 0 amide bonds. The minimum absolute atomic E-state index is 0.578. The van der Waals surface area contributed by atoms with Crippen molar-refractivity contribution >= 4 is 17.5 Å². The molecular formula is C22H25N5O. The first-order valence-electron chi connectivity index (χ1n) is 9.56. The van der Waals surface area contributed by atoms with Gasteiger partial charge < -0.3 is 15.0 Å². The number of hydrogen-bond donors (Lipinski definition) is 1. The van der Waals surface area contributed by atoms with Crippen LogP contribution in [0, 0.1) is 0 Å². The van der Waals surface area contributed by atoms with E-state index in [4.69, 9.17) is 9.72 Å². The maximum atomic E-state index is 5.39. The fraction of sp³-hybridized carbons (Fsp3) is 0.273. The second kappa shape index (κ2) is 8.71. The van der Waals surface area contributed by atoms with Crippen molar-refractivity contribution in [1.82, 2.24) is 14.9 Å². The molecule has 1 aliphatic heterocycles. The summed E-state index contributed by atoms with van der Waals surface area (Å²) in [5.41, 5.74) is 2.22. The summed E-state index contributed by atoms with van der Waals surface area (Å²) in [6, 6.07) is 20.4. The molecule has 0 bridgehead atoms. The zero-order valence-electron chi connectivity index (χ0n) is 16.1. The first kappa shape index (κ1) is 18.3. The Labute approximate surface area is 165 Å². The van der Waals surface area contributed by atoms with Gasteiger partial charge in [0.1, 0.15) is 11.6 Å². The summed E-state index contributed by atoms with van der Waals surface area (Å²) in [6.07, 6.45) is 1.80. The third-order valence-corrected chi connectivity index (χ3v) is 4.94. The van der Waals surface area contributed by atoms with Gasteiger partial charge in [0.2, 0.25) is 5.95 Å². The van der Waals surface area contributed by atoms with Crippen LogP contribution in [0.2, 0.25) is 0 Å². The van der Waals surface area contributed by atoms with E-state index in [0.717, 1.165) is 50.0 Å². The Morgan fingerprint density at radius 3 is 2.46 bits per heavy atom. The largest absolute Gasteiger partial charge is 0.495 e. The first-order chi connectivity index (χ1) is 13.8. The Kier molecular flexibility index (Phi) is 5.68. The molecule has 1 fully saturated rings. The highest BCUT2D eigenvalue weighted by Gasteiger charge is 2.18. The molecule has 3 aromatic rings. The average Bonchev–Trinajstić information content (AvgIpc) is 2.76. The molecule has 6 nitrogen and oxygen atoms in total. The van der Waals surface area contributed by atoms with Crippen LogP contribution in [0.5, 0.6) is 5.75 Å². The molecule has 0 aliphatic carbocycles. The minimum Gasteiger partial charge on any atom is -0.495 e. The van der Waals surface area contributed by atoms with E-state index in [9.17, 15) is 0 Å². The van der Waals surface area contributed by atoms with Crippen molar-refractivity contribution < 1.29 is 4.74 Å². The van der Waals surface area contributed by atoms with Crippen molar-refractivity contribution in [2.45, 2.75) is 6.54 Å². The highest BCUT2D eigenvalue weighted by Crippen LogP contribution is 2.26. The average molecular weight is 375 g/mol. The van der Waals surface area contributed by atoms with Crippen LogP contribution in [0.3, 0.4) is 0 Å². The molecule has 0 spiro atoms. The van der Waals surface area contributed by atoms with E-state index in [2.05, 4.69) is 50.4 Å². The molecule has 144 valence electrons. The maximum absolute atomic E-state index is 5.39. The zero-order chi connectivity index (χ0) is 19.2. The molecule has 0 saturated carbocycles. The normalized spacial score (nSPS) is 14.7. The van der Waals surface area contributed by atoms with Gasteiger partial charge in [0, 0.05) is 38.9 Å². The molecule has 0 radical (unpaired) electrons. The molecule has 1 aliphatic rings. The van der Waals surface area contributed by atoms with E-state index in [1.165, 1.54) is 5.56 Å². The van der Waals surface area contributed by atoms with Crippen LogP contribution in [-0.4, -0.2) is 48.2 Å². The molecule has 4 rings (SSSR count). The quantitative estimate of drug-likeness (QED) is 0.711. The third kappa shape index (κ3) is 4.40. The second-order valence-electron chi connectivity index (χ2n) is 6.81. The summed E-state index contributed by atoms with van der Waals surface area (Å²) < 4.78 is 5.39. The molecule has 0 unspecified atom stereocenters. The van der Waals surface area contributed by atoms with Crippen LogP contribution in [0.1, 0.15) is 5.56 Å². The van der Waals surface area contributed by atoms with Gasteiger partial charge in [-0.2, -0.15) is 4.98 Å². The number of para-hydroxylation sites is 2. The van der Waals surface area contributed by atoms with Crippen LogP contribution >= 0.6 is 0 Å². The summed E-state index contributed by atoms with van der Waals surface area (Å²) in [5, 5.41) is 3.26. The third-order valence-electron chi connectivity index (χ3n) is 4.94. The van der Waals surface area contributed by atoms with Crippen LogP contribution in [0.15, 0.2) is 66.9 Å². The highest BCUT2D eigenvalue weighted by molar-refractivity contribution is 5.63. The summed E-state index contributed by atoms with van der Waals surface area (Å²) >= 11 is 0. The monoisotopic (exact) mass is 375 g/mol. The molecule has 1 N–H and O–H groups in total. The van der Waals surface area contributed by atoms with E-state index in [1.807, 2.05) is 30.3 Å². The fourth-order valence-electron chi connectivity index (χ4n) is 3.43. The Morgan fingerprint density at radius 1 is 0.929 bits per heavy atom. The lowest BCUT2D eigenvalue weighted by molar-refractivity contribution is 0.249. The molecule has 6 heteroatoms. The van der Waals surface area contributed by atoms with Gasteiger partial charge in [-0.3, -0.25) is 4.90 Å². The summed E-state index contributed by atoms with van der Waals surface area (Å²) in [6.45, 7) is 4.96. The van der Waals surface area contributed by atoms with Crippen LogP contribution in [-0.2, 0) is 6.54 Å². The number of nitrogens with one attached hydrogen (secondary N) is 1. The van der Waals surface area contributed by atoms with E-state index in [0.29, 0.717) is 5.95 Å². The number of methoxy groups -OCH3 is 1. The lowest BCUT2D eigenvalue weighted by Gasteiger charge is -2.35. The van der Waals surface area contributed by atoms with Crippen molar-refractivity contribution in [3.63, 3.8) is 0 Å². The van der Waals surface area contributed by atoms with Crippen LogP contribution < -0.4 is 15.0 Å². The Morgan fingerprint density at radius 2 is 1.68 bits per heavy atom. The SMILES string of the molecule is COc1ccccc1Nc1nccc(N2CCN(Cc3ccccc3)CC2)n1. The van der Waals surface area contributed by atoms with Gasteiger partial charge in [0.05, 0.1) is 12.8 Å². The number of benzene rings is 2. The molecular weight excluding hydrogens is 350 g/mol. The van der Waals surface area contributed by atoms with E-state index in [-0.39, 0.29) is 0 Å². The lowest BCUT2D eigenvalue weighted by atomic mass is 10.2. The molecule has 0 atom stereocenters. The van der Waals surface area contributed by atoms with Crippen molar-refractivity contribution in [3.05, 3.63) is 72.4 Å². The van der Waals surface area contributed by atoms with Gasteiger partial charge >= 0.3 is 0 Å². The molecule has 2 heterocycles. The van der Waals surface area contributed by atoms with Crippen LogP contribution in [0.25, 0.3) is 0 Å². The zero-order valence-corrected chi connectivity index (χ0v) is 16.1. The molecule has 1 saturated heterocycles. The molecule has 28 heavy (non-hydrogen) atoms. The number of nitrogens with zero attached hydrogens (tertiary/aromatic N) is 4. The molecule has 1 aromatic heterocycles. The van der Waals surface area contributed by atoms with E-state index in [1.54, 1.807) is 13.3 Å². The van der Waals surface area contributed by atoms with Gasteiger partial charge in [-0.1, -0.05) is 42.5 Å². The minimum atomic E-state index is 0.578. The summed E-state index contributed by atoms with van der Waals surface area (Å²) in [4.78, 5) is 13.9. The number of hydrogen-bond acceptors (Lipinski definition) is 6. The Hall–Kier alpha value is -3.12. The topological polar surface area (TPSA) is 53.5 Å². The predicted octanol–water partition coefficient (Wildman–Crippen LogP) is 3.55. The summed E-state index contributed by atoms with van der Waals surface area (Å²) in [7, 11) is 1.66. The summed E-state index contributed by atoms with van der Waals surface area (Å²) in [5.74, 6) is 2.30. The Balaban J connectivity index is 1.38. The van der Waals surface area contributed by atoms with E-state index < -0.39 is 0 Å². The number of anilines is 3. The van der Waals surface area contributed by atoms with Crippen molar-refractivity contribution in [2.75, 3.05) is 43.5 Å². The number of piperazine rings is 1. The lowest BCUT2D eigenvalue weighted by Crippen LogP contribution is -2.46. The van der Waals surface area contributed by atoms with Crippen molar-refractivity contribution in [2.24, 2.45) is 0 Å².